The third-order valence-electron chi connectivity index (χ3n) is 2.42. The van der Waals surface area contributed by atoms with E-state index in [-0.39, 0.29) is 5.91 Å². The number of hydrogen-bond acceptors (Lipinski definition) is 3. The number of thiophene rings is 1. The Balaban J connectivity index is 1.91. The molecule has 0 saturated heterocycles. The molecule has 0 aromatic carbocycles. The van der Waals surface area contributed by atoms with Crippen LogP contribution < -0.4 is 5.32 Å². The summed E-state index contributed by atoms with van der Waals surface area (Å²) < 4.78 is 0. The minimum Gasteiger partial charge on any atom is -0.352 e. The van der Waals surface area contributed by atoms with Crippen LogP contribution in [-0.2, 0) is 6.42 Å². The normalized spacial score (nSPS) is 10.3. The van der Waals surface area contributed by atoms with Crippen molar-refractivity contribution in [3.63, 3.8) is 0 Å². The van der Waals surface area contributed by atoms with Crippen molar-refractivity contribution >= 4 is 28.8 Å². The molecule has 0 unspecified atom stereocenters. The summed E-state index contributed by atoms with van der Waals surface area (Å²) in [6.07, 6.45) is 0.848. The lowest BCUT2D eigenvalue weighted by atomic mass is 10.2. The molecule has 18 heavy (non-hydrogen) atoms. The number of pyridine rings is 1. The van der Waals surface area contributed by atoms with Gasteiger partial charge in [0.15, 0.2) is 0 Å². The second-order valence-corrected chi connectivity index (χ2v) is 5.32. The number of nitrogens with one attached hydrogen (secondary N) is 1. The summed E-state index contributed by atoms with van der Waals surface area (Å²) in [6.45, 7) is 2.44. The zero-order valence-corrected chi connectivity index (χ0v) is 11.5. The standard InChI is InChI=1S/C13H13ClN2OS/c1-9-7-10(8-12(14)16-9)13(17)15-5-4-11-3-2-6-18-11/h2-3,6-8H,4-5H2,1H3,(H,15,17). The van der Waals surface area contributed by atoms with Gasteiger partial charge in [0.05, 0.1) is 0 Å². The first kappa shape index (κ1) is 13.1. The fraction of sp³-hybridized carbons (Fsp3) is 0.231. The lowest BCUT2D eigenvalue weighted by Gasteiger charge is -2.05. The van der Waals surface area contributed by atoms with Gasteiger partial charge in [0.25, 0.3) is 5.91 Å². The van der Waals surface area contributed by atoms with Crippen LogP contribution in [0, 0.1) is 6.92 Å². The van der Waals surface area contributed by atoms with Crippen LogP contribution in [-0.4, -0.2) is 17.4 Å². The summed E-state index contributed by atoms with van der Waals surface area (Å²) in [5.41, 5.74) is 1.30. The first-order valence-corrected chi connectivity index (χ1v) is 6.85. The fourth-order valence-corrected chi connectivity index (χ4v) is 2.58. The lowest BCUT2D eigenvalue weighted by molar-refractivity contribution is 0.0954. The van der Waals surface area contributed by atoms with E-state index >= 15 is 0 Å². The lowest BCUT2D eigenvalue weighted by Crippen LogP contribution is -2.25. The van der Waals surface area contributed by atoms with Gasteiger partial charge in [-0.2, -0.15) is 0 Å². The summed E-state index contributed by atoms with van der Waals surface area (Å²) in [5, 5.41) is 5.25. The number of nitrogens with zero attached hydrogens (tertiary/aromatic N) is 1. The van der Waals surface area contributed by atoms with Crippen molar-refractivity contribution in [1.29, 1.82) is 0 Å². The molecule has 0 fully saturated rings. The monoisotopic (exact) mass is 280 g/mol. The molecule has 0 bridgehead atoms. The number of hydrogen-bond donors (Lipinski definition) is 1. The molecule has 3 nitrogen and oxygen atoms in total. The van der Waals surface area contributed by atoms with Gasteiger partial charge in [-0.05, 0) is 36.9 Å². The Morgan fingerprint density at radius 1 is 1.50 bits per heavy atom. The van der Waals surface area contributed by atoms with Crippen LogP contribution in [0.3, 0.4) is 0 Å². The molecule has 2 aromatic rings. The summed E-state index contributed by atoms with van der Waals surface area (Å²) in [7, 11) is 0. The largest absolute Gasteiger partial charge is 0.352 e. The van der Waals surface area contributed by atoms with E-state index in [9.17, 15) is 4.79 Å². The van der Waals surface area contributed by atoms with Crippen LogP contribution in [0.25, 0.3) is 0 Å². The molecular weight excluding hydrogens is 268 g/mol. The molecule has 1 N–H and O–H groups in total. The number of aryl methyl sites for hydroxylation is 1. The van der Waals surface area contributed by atoms with Gasteiger partial charge in [-0.1, -0.05) is 17.7 Å². The van der Waals surface area contributed by atoms with Gasteiger partial charge >= 0.3 is 0 Å². The van der Waals surface area contributed by atoms with Crippen molar-refractivity contribution < 1.29 is 4.79 Å². The molecule has 0 radical (unpaired) electrons. The van der Waals surface area contributed by atoms with E-state index in [2.05, 4.69) is 16.4 Å². The molecule has 2 rings (SSSR count). The Kier molecular flexibility index (Phi) is 4.33. The van der Waals surface area contributed by atoms with Gasteiger partial charge < -0.3 is 5.32 Å². The summed E-state index contributed by atoms with van der Waals surface area (Å²) in [5.74, 6) is -0.112. The van der Waals surface area contributed by atoms with Gasteiger partial charge in [-0.3, -0.25) is 4.79 Å². The number of amides is 1. The quantitative estimate of drug-likeness (QED) is 0.875. The topological polar surface area (TPSA) is 42.0 Å². The third-order valence-corrected chi connectivity index (χ3v) is 3.55. The maximum absolute atomic E-state index is 11.9. The Morgan fingerprint density at radius 3 is 3.00 bits per heavy atom. The SMILES string of the molecule is Cc1cc(C(=O)NCCc2cccs2)cc(Cl)n1. The molecule has 0 aliphatic carbocycles. The minimum atomic E-state index is -0.112. The van der Waals surface area contributed by atoms with E-state index in [0.717, 1.165) is 12.1 Å². The molecule has 0 saturated carbocycles. The van der Waals surface area contributed by atoms with E-state index in [1.54, 1.807) is 23.5 Å². The van der Waals surface area contributed by atoms with Gasteiger partial charge in [-0.15, -0.1) is 11.3 Å². The average molecular weight is 281 g/mol. The highest BCUT2D eigenvalue weighted by atomic mass is 35.5. The highest BCUT2D eigenvalue weighted by molar-refractivity contribution is 7.09. The molecule has 2 aromatic heterocycles. The van der Waals surface area contributed by atoms with Crippen LogP contribution >= 0.6 is 22.9 Å². The molecule has 94 valence electrons. The average Bonchev–Trinajstić information content (AvgIpc) is 2.80. The van der Waals surface area contributed by atoms with Crippen LogP contribution in [0.4, 0.5) is 0 Å². The second kappa shape index (κ2) is 5.98. The Hall–Kier alpha value is -1.39. The summed E-state index contributed by atoms with van der Waals surface area (Å²) in [6, 6.07) is 7.37. The van der Waals surface area contributed by atoms with Crippen molar-refractivity contribution in [3.05, 3.63) is 50.9 Å². The number of carbonyl (C=O) groups excluding carboxylic acids is 1. The Bertz CT molecular complexity index is 520. The van der Waals surface area contributed by atoms with Gasteiger partial charge in [0, 0.05) is 22.7 Å². The molecule has 0 aliphatic rings. The molecule has 0 spiro atoms. The zero-order valence-electron chi connectivity index (χ0n) is 9.94. The summed E-state index contributed by atoms with van der Waals surface area (Å²) in [4.78, 5) is 17.2. The number of aromatic nitrogens is 1. The van der Waals surface area contributed by atoms with Gasteiger partial charge in [0.1, 0.15) is 5.15 Å². The van der Waals surface area contributed by atoms with E-state index in [0.29, 0.717) is 17.3 Å². The van der Waals surface area contributed by atoms with Crippen molar-refractivity contribution in [1.82, 2.24) is 10.3 Å². The van der Waals surface area contributed by atoms with Crippen molar-refractivity contribution in [3.8, 4) is 0 Å². The molecule has 1 amide bonds. The van der Waals surface area contributed by atoms with Gasteiger partial charge in [0.2, 0.25) is 0 Å². The predicted octanol–water partition coefficient (Wildman–Crippen LogP) is 3.08. The smallest absolute Gasteiger partial charge is 0.251 e. The molecular formula is C13H13ClN2OS. The predicted molar refractivity (Wildman–Crippen MR) is 74.3 cm³/mol. The maximum atomic E-state index is 11.9. The van der Waals surface area contributed by atoms with Gasteiger partial charge in [-0.25, -0.2) is 4.98 Å². The van der Waals surface area contributed by atoms with Crippen molar-refractivity contribution in [2.75, 3.05) is 6.54 Å². The van der Waals surface area contributed by atoms with E-state index in [1.807, 2.05) is 18.4 Å². The highest BCUT2D eigenvalue weighted by Crippen LogP contribution is 2.11. The van der Waals surface area contributed by atoms with E-state index in [1.165, 1.54) is 4.88 Å². The molecule has 0 aliphatic heterocycles. The minimum absolute atomic E-state index is 0.112. The van der Waals surface area contributed by atoms with Crippen molar-refractivity contribution in [2.45, 2.75) is 13.3 Å². The molecule has 0 atom stereocenters. The van der Waals surface area contributed by atoms with Crippen molar-refractivity contribution in [2.24, 2.45) is 0 Å². The third kappa shape index (κ3) is 3.55. The first-order chi connectivity index (χ1) is 8.65. The zero-order chi connectivity index (χ0) is 13.0. The van der Waals surface area contributed by atoms with E-state index in [4.69, 9.17) is 11.6 Å². The number of carbonyl (C=O) groups is 1. The van der Waals surface area contributed by atoms with Crippen LogP contribution in [0.1, 0.15) is 20.9 Å². The second-order valence-electron chi connectivity index (χ2n) is 3.91. The van der Waals surface area contributed by atoms with Crippen LogP contribution in [0.2, 0.25) is 5.15 Å². The highest BCUT2D eigenvalue weighted by Gasteiger charge is 2.07. The Morgan fingerprint density at radius 2 is 2.33 bits per heavy atom. The number of halogens is 1. The summed E-state index contributed by atoms with van der Waals surface area (Å²) >= 11 is 7.51. The van der Waals surface area contributed by atoms with Crippen LogP contribution in [0.5, 0.6) is 0 Å². The maximum Gasteiger partial charge on any atom is 0.251 e. The molecule has 5 heteroatoms. The number of rotatable bonds is 4. The first-order valence-electron chi connectivity index (χ1n) is 5.60. The molecule has 2 heterocycles. The van der Waals surface area contributed by atoms with Crippen LogP contribution in [0.15, 0.2) is 29.6 Å². The Labute approximate surface area is 115 Å². The fourth-order valence-electron chi connectivity index (χ4n) is 1.62. The van der Waals surface area contributed by atoms with E-state index < -0.39 is 0 Å².